The van der Waals surface area contributed by atoms with Gasteiger partial charge in [0.2, 0.25) is 0 Å². The zero-order valence-electron chi connectivity index (χ0n) is 13.2. The van der Waals surface area contributed by atoms with Crippen LogP contribution in [0, 0.1) is 0 Å². The summed E-state index contributed by atoms with van der Waals surface area (Å²) in [6.45, 7) is 5.36. The number of halogens is 1. The average Bonchev–Trinajstić information content (AvgIpc) is 2.85. The molecule has 0 spiro atoms. The molecule has 23 heavy (non-hydrogen) atoms. The fourth-order valence-corrected chi connectivity index (χ4v) is 3.81. The van der Waals surface area contributed by atoms with E-state index >= 15 is 0 Å². The van der Waals surface area contributed by atoms with Gasteiger partial charge < -0.3 is 18.9 Å². The number of carbonyl (C=O) groups is 3. The zero-order chi connectivity index (χ0) is 17.4. The van der Waals surface area contributed by atoms with E-state index in [0.29, 0.717) is 5.90 Å². The second-order valence-corrected chi connectivity index (χ2v) is 6.02. The number of ether oxygens (including phenoxy) is 4. The van der Waals surface area contributed by atoms with Crippen LogP contribution in [0.25, 0.3) is 0 Å². The average molecular weight is 392 g/mol. The second kappa shape index (κ2) is 6.46. The van der Waals surface area contributed by atoms with Gasteiger partial charge in [0.15, 0.2) is 29.8 Å². The fraction of sp³-hybridized carbons (Fsp3) is 0.714. The Morgan fingerprint density at radius 3 is 2.09 bits per heavy atom. The molecule has 0 N–H and O–H groups in total. The van der Waals surface area contributed by atoms with Crippen molar-refractivity contribution < 1.29 is 33.3 Å². The number of nitrogens with zero attached hydrogens (tertiary/aromatic N) is 1. The van der Waals surface area contributed by atoms with Crippen molar-refractivity contribution in [2.24, 2.45) is 4.99 Å². The molecule has 1 aliphatic heterocycles. The number of aliphatic imine (C=N–C) groups is 1. The summed E-state index contributed by atoms with van der Waals surface area (Å²) in [7, 11) is 0. The highest BCUT2D eigenvalue weighted by Gasteiger charge is 2.69. The first-order valence-electron chi connectivity index (χ1n) is 7.02. The van der Waals surface area contributed by atoms with Crippen LogP contribution < -0.4 is 0 Å². The predicted molar refractivity (Wildman–Crippen MR) is 81.2 cm³/mol. The third kappa shape index (κ3) is 3.19. The molecule has 9 heteroatoms. The molecule has 0 amide bonds. The lowest BCUT2D eigenvalue weighted by Crippen LogP contribution is -2.52. The number of carbonyl (C=O) groups excluding carboxylic acids is 3. The summed E-state index contributed by atoms with van der Waals surface area (Å²) in [5, 5.41) is 0.249. The molecule has 0 unspecified atom stereocenters. The molecule has 2 aliphatic rings. The number of rotatable bonds is 4. The van der Waals surface area contributed by atoms with Crippen molar-refractivity contribution in [1.29, 1.82) is 0 Å². The minimum absolute atomic E-state index is 0.249. The van der Waals surface area contributed by atoms with Crippen LogP contribution in [-0.2, 0) is 33.3 Å². The Hall–Kier alpha value is -1.64. The molecule has 2 rings (SSSR count). The third-order valence-corrected chi connectivity index (χ3v) is 4.56. The Balaban J connectivity index is 2.48. The number of hydrogen-bond acceptors (Lipinski definition) is 8. The number of alkyl halides is 1. The fourth-order valence-electron chi connectivity index (χ4n) is 3.05. The molecule has 0 aromatic rings. The van der Waals surface area contributed by atoms with Gasteiger partial charge in [-0.25, -0.2) is 4.99 Å². The summed E-state index contributed by atoms with van der Waals surface area (Å²) in [4.78, 5) is 38.8. The summed E-state index contributed by atoms with van der Waals surface area (Å²) in [6, 6.07) is -0.653. The van der Waals surface area contributed by atoms with E-state index < -0.39 is 47.9 Å². The second-order valence-electron chi connectivity index (χ2n) is 5.46. The van der Waals surface area contributed by atoms with Crippen molar-refractivity contribution in [2.75, 3.05) is 5.33 Å². The molecular weight excluding hydrogens is 374 g/mol. The molecule has 0 saturated heterocycles. The minimum atomic E-state index is -1.10. The Labute approximate surface area is 141 Å². The van der Waals surface area contributed by atoms with Crippen molar-refractivity contribution in [3.05, 3.63) is 0 Å². The highest BCUT2D eigenvalue weighted by Crippen LogP contribution is 2.46. The van der Waals surface area contributed by atoms with Crippen molar-refractivity contribution >= 4 is 39.7 Å². The van der Waals surface area contributed by atoms with E-state index in [0.717, 1.165) is 0 Å². The van der Waals surface area contributed by atoms with Crippen LogP contribution in [0.5, 0.6) is 0 Å². The topological polar surface area (TPSA) is 100 Å². The van der Waals surface area contributed by atoms with Gasteiger partial charge in [-0.3, -0.25) is 14.4 Å². The zero-order valence-corrected chi connectivity index (χ0v) is 14.8. The molecule has 0 bridgehead atoms. The normalized spacial score (nSPS) is 34.9. The van der Waals surface area contributed by atoms with E-state index in [1.54, 1.807) is 6.92 Å². The van der Waals surface area contributed by atoms with Crippen LogP contribution in [0.2, 0.25) is 0 Å². The molecule has 0 aromatic carbocycles. The third-order valence-electron chi connectivity index (χ3n) is 3.68. The standard InChI is InChI=1S/C14H18BrNO7/c1-6-16-12-10(20-7(2)17)11(21-8(3)18)13(22-9(4)19)14(12,5-15)23-6/h10-13H,5H2,1-4H3/t10-,11-,12-,13+,14-/m0/s1. The first-order valence-corrected chi connectivity index (χ1v) is 8.14. The van der Waals surface area contributed by atoms with E-state index in [1.165, 1.54) is 20.8 Å². The van der Waals surface area contributed by atoms with E-state index in [4.69, 9.17) is 18.9 Å². The van der Waals surface area contributed by atoms with Gasteiger partial charge in [0.1, 0.15) is 6.04 Å². The van der Waals surface area contributed by atoms with E-state index in [-0.39, 0.29) is 5.33 Å². The first kappa shape index (κ1) is 17.7. The van der Waals surface area contributed by atoms with E-state index in [1.807, 2.05) is 0 Å². The van der Waals surface area contributed by atoms with Gasteiger partial charge in [0.25, 0.3) is 0 Å². The smallest absolute Gasteiger partial charge is 0.303 e. The largest absolute Gasteiger partial charge is 0.467 e. The van der Waals surface area contributed by atoms with Gasteiger partial charge in [-0.1, -0.05) is 15.9 Å². The minimum Gasteiger partial charge on any atom is -0.467 e. The highest BCUT2D eigenvalue weighted by molar-refractivity contribution is 9.09. The molecule has 1 heterocycles. The van der Waals surface area contributed by atoms with Crippen molar-refractivity contribution in [1.82, 2.24) is 0 Å². The lowest BCUT2D eigenvalue weighted by atomic mass is 9.98. The molecule has 1 saturated carbocycles. The molecule has 0 radical (unpaired) electrons. The molecule has 1 aliphatic carbocycles. The Kier molecular flexibility index (Phi) is 4.98. The lowest BCUT2D eigenvalue weighted by molar-refractivity contribution is -0.180. The van der Waals surface area contributed by atoms with Gasteiger partial charge >= 0.3 is 17.9 Å². The predicted octanol–water partition coefficient (Wildman–Crippen LogP) is 0.746. The number of fused-ring (bicyclic) bond motifs is 1. The van der Waals surface area contributed by atoms with Crippen LogP contribution in [-0.4, -0.2) is 59.1 Å². The number of hydrogen-bond donors (Lipinski definition) is 0. The summed E-state index contributed by atoms with van der Waals surface area (Å²) in [5.74, 6) is -1.33. The van der Waals surface area contributed by atoms with Crippen molar-refractivity contribution in [2.45, 2.75) is 57.6 Å². The summed E-state index contributed by atoms with van der Waals surface area (Å²) in [6.07, 6.45) is -2.87. The highest BCUT2D eigenvalue weighted by atomic mass is 79.9. The van der Waals surface area contributed by atoms with Gasteiger partial charge in [0, 0.05) is 33.0 Å². The Morgan fingerprint density at radius 2 is 1.61 bits per heavy atom. The van der Waals surface area contributed by atoms with Crippen LogP contribution in [0.4, 0.5) is 0 Å². The van der Waals surface area contributed by atoms with Gasteiger partial charge in [-0.05, 0) is 0 Å². The molecule has 8 nitrogen and oxygen atoms in total. The summed E-state index contributed by atoms with van der Waals surface area (Å²) in [5.41, 5.74) is -1.10. The van der Waals surface area contributed by atoms with Crippen LogP contribution in [0.15, 0.2) is 4.99 Å². The molecule has 1 fully saturated rings. The molecule has 128 valence electrons. The van der Waals surface area contributed by atoms with Crippen molar-refractivity contribution in [3.63, 3.8) is 0 Å². The molecule has 5 atom stereocenters. The SMILES string of the molecule is CC(=O)O[C@H]1[C@H](OC(C)=O)[C@@H]2N=C(C)O[C@]2(CBr)[C@@H]1OC(C)=O. The summed E-state index contributed by atoms with van der Waals surface area (Å²) >= 11 is 3.35. The maximum atomic E-state index is 11.5. The number of esters is 3. The van der Waals surface area contributed by atoms with Gasteiger partial charge in [0.05, 0.1) is 0 Å². The van der Waals surface area contributed by atoms with Gasteiger partial charge in [-0.15, -0.1) is 0 Å². The Bertz CT molecular complexity index is 563. The van der Waals surface area contributed by atoms with E-state index in [2.05, 4.69) is 20.9 Å². The maximum Gasteiger partial charge on any atom is 0.303 e. The maximum absolute atomic E-state index is 11.5. The lowest BCUT2D eigenvalue weighted by Gasteiger charge is -2.32. The summed E-state index contributed by atoms with van der Waals surface area (Å²) < 4.78 is 21.7. The van der Waals surface area contributed by atoms with E-state index in [9.17, 15) is 14.4 Å². The quantitative estimate of drug-likeness (QED) is 0.395. The van der Waals surface area contributed by atoms with Crippen molar-refractivity contribution in [3.8, 4) is 0 Å². The van der Waals surface area contributed by atoms with Crippen LogP contribution >= 0.6 is 15.9 Å². The van der Waals surface area contributed by atoms with Crippen LogP contribution in [0.1, 0.15) is 27.7 Å². The molecular formula is C14H18BrNO7. The first-order chi connectivity index (χ1) is 10.7. The van der Waals surface area contributed by atoms with Gasteiger partial charge in [-0.2, -0.15) is 0 Å². The molecule has 0 aromatic heterocycles. The Morgan fingerprint density at radius 1 is 1.09 bits per heavy atom. The monoisotopic (exact) mass is 391 g/mol. The van der Waals surface area contributed by atoms with Crippen LogP contribution in [0.3, 0.4) is 0 Å².